The van der Waals surface area contributed by atoms with Crippen LogP contribution in [-0.2, 0) is 4.74 Å². The quantitative estimate of drug-likeness (QED) is 0.646. The highest BCUT2D eigenvalue weighted by Crippen LogP contribution is 2.17. The number of carbonyl (C=O) groups excluding carboxylic acids is 1. The molecule has 4 rings (SSSR count). The van der Waals surface area contributed by atoms with Gasteiger partial charge in [-0.3, -0.25) is 4.90 Å². The monoisotopic (exact) mass is 309 g/mol. The van der Waals surface area contributed by atoms with E-state index in [0.29, 0.717) is 18.7 Å². The van der Waals surface area contributed by atoms with Crippen molar-refractivity contribution in [3.05, 3.63) is 77.2 Å². The summed E-state index contributed by atoms with van der Waals surface area (Å²) >= 11 is 0. The van der Waals surface area contributed by atoms with Crippen LogP contribution < -0.4 is 10.5 Å². The number of fused-ring (bicyclic) bond motifs is 1. The van der Waals surface area contributed by atoms with Crippen LogP contribution in [-0.4, -0.2) is 19.2 Å². The first-order chi connectivity index (χ1) is 11.2. The first kappa shape index (κ1) is 14.8. The molecule has 116 valence electrons. The highest BCUT2D eigenvalue weighted by molar-refractivity contribution is 5.89. The van der Waals surface area contributed by atoms with Gasteiger partial charge in [0.05, 0.1) is 6.54 Å². The van der Waals surface area contributed by atoms with Crippen LogP contribution in [0.15, 0.2) is 75.9 Å². The van der Waals surface area contributed by atoms with Crippen molar-refractivity contribution >= 4 is 22.7 Å². The molecule has 5 heteroatoms. The summed E-state index contributed by atoms with van der Waals surface area (Å²) in [6.45, 7) is 1.15. The molecule has 1 saturated heterocycles. The summed E-state index contributed by atoms with van der Waals surface area (Å²) in [6.07, 6.45) is -0.249. The molecule has 2 heterocycles. The Kier molecular flexibility index (Phi) is 4.38. The SMILES string of the molecule is O=C1OCCN1c1ccccc1.O=c1ccc2ccccc2o1. The highest BCUT2D eigenvalue weighted by atomic mass is 16.6. The van der Waals surface area contributed by atoms with Gasteiger partial charge >= 0.3 is 11.7 Å². The van der Waals surface area contributed by atoms with Gasteiger partial charge < -0.3 is 9.15 Å². The Labute approximate surface area is 132 Å². The van der Waals surface area contributed by atoms with E-state index in [2.05, 4.69) is 0 Å². The van der Waals surface area contributed by atoms with Gasteiger partial charge in [0.15, 0.2) is 0 Å². The number of cyclic esters (lactones) is 1. The molecule has 0 saturated carbocycles. The lowest BCUT2D eigenvalue weighted by atomic mass is 10.2. The number of hydrogen-bond donors (Lipinski definition) is 0. The van der Waals surface area contributed by atoms with E-state index in [1.165, 1.54) is 6.07 Å². The molecule has 1 aromatic heterocycles. The Morgan fingerprint density at radius 3 is 2.30 bits per heavy atom. The molecule has 0 unspecified atom stereocenters. The second kappa shape index (κ2) is 6.79. The average molecular weight is 309 g/mol. The second-order valence-electron chi connectivity index (χ2n) is 4.89. The summed E-state index contributed by atoms with van der Waals surface area (Å²) in [5.74, 6) is 0. The van der Waals surface area contributed by atoms with E-state index in [0.717, 1.165) is 11.1 Å². The number of carbonyl (C=O) groups is 1. The van der Waals surface area contributed by atoms with Crippen LogP contribution in [0.2, 0.25) is 0 Å². The lowest BCUT2D eigenvalue weighted by Crippen LogP contribution is -2.22. The van der Waals surface area contributed by atoms with Gasteiger partial charge in [0.25, 0.3) is 0 Å². The van der Waals surface area contributed by atoms with Crippen molar-refractivity contribution in [2.45, 2.75) is 0 Å². The van der Waals surface area contributed by atoms with Crippen LogP contribution in [0, 0.1) is 0 Å². The standard InChI is InChI=1S/C9H9NO2.C9H6O2/c11-9-10(6-7-12-9)8-4-2-1-3-5-8;10-9-6-5-7-3-1-2-4-8(7)11-9/h1-5H,6-7H2;1-6H. The average Bonchev–Trinajstić information content (AvgIpc) is 3.02. The van der Waals surface area contributed by atoms with E-state index in [1.54, 1.807) is 17.0 Å². The van der Waals surface area contributed by atoms with E-state index < -0.39 is 0 Å². The fraction of sp³-hybridized carbons (Fsp3) is 0.111. The van der Waals surface area contributed by atoms with Crippen LogP contribution in [0.4, 0.5) is 10.5 Å². The molecule has 1 fully saturated rings. The molecule has 3 aromatic rings. The Morgan fingerprint density at radius 2 is 1.57 bits per heavy atom. The summed E-state index contributed by atoms with van der Waals surface area (Å²) in [7, 11) is 0. The molecule has 0 aliphatic carbocycles. The number of nitrogens with zero attached hydrogens (tertiary/aromatic N) is 1. The van der Waals surface area contributed by atoms with E-state index in [9.17, 15) is 9.59 Å². The minimum atomic E-state index is -0.302. The third-order valence-corrected chi connectivity index (χ3v) is 3.36. The molecule has 0 radical (unpaired) electrons. The van der Waals surface area contributed by atoms with Crippen LogP contribution in [0.3, 0.4) is 0 Å². The Bertz CT molecular complexity index is 857. The van der Waals surface area contributed by atoms with Crippen molar-refractivity contribution in [3.63, 3.8) is 0 Å². The van der Waals surface area contributed by atoms with Crippen molar-refractivity contribution < 1.29 is 13.9 Å². The normalized spacial score (nSPS) is 13.4. The Balaban J connectivity index is 0.000000136. The maximum absolute atomic E-state index is 11.1. The highest BCUT2D eigenvalue weighted by Gasteiger charge is 2.22. The summed E-state index contributed by atoms with van der Waals surface area (Å²) < 4.78 is 9.71. The largest absolute Gasteiger partial charge is 0.447 e. The van der Waals surface area contributed by atoms with Crippen molar-refractivity contribution in [3.8, 4) is 0 Å². The maximum Gasteiger partial charge on any atom is 0.414 e. The summed E-state index contributed by atoms with van der Waals surface area (Å²) in [5, 5.41) is 0.951. The first-order valence-electron chi connectivity index (χ1n) is 7.22. The number of ether oxygens (including phenoxy) is 1. The fourth-order valence-corrected chi connectivity index (χ4v) is 2.25. The van der Waals surface area contributed by atoms with Crippen molar-refractivity contribution in [1.29, 1.82) is 0 Å². The van der Waals surface area contributed by atoms with Gasteiger partial charge in [-0.05, 0) is 24.3 Å². The van der Waals surface area contributed by atoms with E-state index in [1.807, 2.05) is 48.5 Å². The molecule has 2 aromatic carbocycles. The van der Waals surface area contributed by atoms with Crippen LogP contribution >= 0.6 is 0 Å². The first-order valence-corrected chi connectivity index (χ1v) is 7.22. The maximum atomic E-state index is 11.1. The molecular weight excluding hydrogens is 294 g/mol. The Morgan fingerprint density at radius 1 is 0.826 bits per heavy atom. The van der Waals surface area contributed by atoms with E-state index >= 15 is 0 Å². The van der Waals surface area contributed by atoms with Crippen LogP contribution in [0.25, 0.3) is 11.0 Å². The molecule has 1 amide bonds. The number of anilines is 1. The zero-order valence-corrected chi connectivity index (χ0v) is 12.3. The van der Waals surface area contributed by atoms with Crippen molar-refractivity contribution in [2.75, 3.05) is 18.1 Å². The fourth-order valence-electron chi connectivity index (χ4n) is 2.25. The van der Waals surface area contributed by atoms with Crippen LogP contribution in [0.1, 0.15) is 0 Å². The van der Waals surface area contributed by atoms with E-state index in [-0.39, 0.29) is 11.7 Å². The summed E-state index contributed by atoms with van der Waals surface area (Å²) in [6, 6.07) is 20.1. The number of amides is 1. The minimum absolute atomic E-state index is 0.249. The Hall–Kier alpha value is -3.08. The molecule has 0 bridgehead atoms. The minimum Gasteiger partial charge on any atom is -0.447 e. The smallest absolute Gasteiger partial charge is 0.414 e. The van der Waals surface area contributed by atoms with Gasteiger partial charge in [-0.25, -0.2) is 9.59 Å². The van der Waals surface area contributed by atoms with Gasteiger partial charge in [-0.1, -0.05) is 36.4 Å². The van der Waals surface area contributed by atoms with Gasteiger partial charge in [-0.2, -0.15) is 0 Å². The molecule has 0 atom stereocenters. The number of para-hydroxylation sites is 2. The molecular formula is C18H15NO4. The lowest BCUT2D eigenvalue weighted by Gasteiger charge is -2.11. The van der Waals surface area contributed by atoms with Gasteiger partial charge in [0, 0.05) is 17.1 Å². The third kappa shape index (κ3) is 3.58. The summed E-state index contributed by atoms with van der Waals surface area (Å²) in [5.41, 5.74) is 1.24. The van der Waals surface area contributed by atoms with Crippen molar-refractivity contribution in [1.82, 2.24) is 0 Å². The van der Waals surface area contributed by atoms with E-state index in [4.69, 9.17) is 9.15 Å². The summed E-state index contributed by atoms with van der Waals surface area (Å²) in [4.78, 5) is 23.4. The molecule has 0 N–H and O–H groups in total. The second-order valence-corrected chi connectivity index (χ2v) is 4.89. The third-order valence-electron chi connectivity index (χ3n) is 3.36. The topological polar surface area (TPSA) is 59.8 Å². The molecule has 0 spiro atoms. The number of hydrogen-bond acceptors (Lipinski definition) is 4. The molecule has 1 aliphatic heterocycles. The predicted octanol–water partition coefficient (Wildman–Crippen LogP) is 3.44. The zero-order valence-electron chi connectivity index (χ0n) is 12.3. The predicted molar refractivity (Wildman–Crippen MR) is 87.6 cm³/mol. The van der Waals surface area contributed by atoms with Crippen LogP contribution in [0.5, 0.6) is 0 Å². The lowest BCUT2D eigenvalue weighted by molar-refractivity contribution is 0.181. The molecule has 5 nitrogen and oxygen atoms in total. The van der Waals surface area contributed by atoms with Gasteiger partial charge in [0.1, 0.15) is 12.2 Å². The zero-order chi connectivity index (χ0) is 16.1. The number of rotatable bonds is 1. The van der Waals surface area contributed by atoms with Gasteiger partial charge in [0.2, 0.25) is 0 Å². The molecule has 1 aliphatic rings. The van der Waals surface area contributed by atoms with Gasteiger partial charge in [-0.15, -0.1) is 0 Å². The number of benzene rings is 2. The van der Waals surface area contributed by atoms with Crippen molar-refractivity contribution in [2.24, 2.45) is 0 Å². The molecule has 23 heavy (non-hydrogen) atoms.